The van der Waals surface area contributed by atoms with Gasteiger partial charge in [-0.1, -0.05) is 54.5 Å². The molecule has 1 saturated heterocycles. The molecule has 1 aliphatic rings. The Morgan fingerprint density at radius 2 is 2.04 bits per heavy atom. The summed E-state index contributed by atoms with van der Waals surface area (Å²) in [7, 11) is 3.90. The number of allylic oxidation sites excluding steroid dienone is 1. The van der Waals surface area contributed by atoms with Crippen LogP contribution in [0.2, 0.25) is 0 Å². The van der Waals surface area contributed by atoms with Crippen LogP contribution in [0.1, 0.15) is 12.0 Å². The smallest absolute Gasteiger partial charge is 0.0649 e. The Morgan fingerprint density at radius 1 is 1.23 bits per heavy atom. The summed E-state index contributed by atoms with van der Waals surface area (Å²) in [6.07, 6.45) is 11.9. The zero-order valence-corrected chi connectivity index (χ0v) is 15.7. The van der Waals surface area contributed by atoms with Gasteiger partial charge in [0.05, 0.1) is 6.61 Å². The van der Waals surface area contributed by atoms with Crippen LogP contribution in [0.4, 0.5) is 0 Å². The van der Waals surface area contributed by atoms with Gasteiger partial charge in [0.25, 0.3) is 0 Å². The minimum Gasteiger partial charge on any atom is -0.381 e. The van der Waals surface area contributed by atoms with Gasteiger partial charge in [-0.05, 0) is 59.4 Å². The third-order valence-corrected chi connectivity index (χ3v) is 5.11. The highest BCUT2D eigenvalue weighted by Crippen LogP contribution is 2.30. The fourth-order valence-electron chi connectivity index (χ4n) is 3.83. The summed E-state index contributed by atoms with van der Waals surface area (Å²) in [5.41, 5.74) is 4.00. The van der Waals surface area contributed by atoms with Crippen LogP contribution < -0.4 is 0 Å². The number of nitrogens with zero attached hydrogens (tertiary/aromatic N) is 1. The van der Waals surface area contributed by atoms with Crippen molar-refractivity contribution in [2.45, 2.75) is 12.8 Å². The Bertz CT molecular complexity index is 856. The number of hydrogen-bond acceptors (Lipinski definition) is 2. The largest absolute Gasteiger partial charge is 0.381 e. The first kappa shape index (κ1) is 18.5. The SMILES string of the molecule is C#C/C=C1\C(=C/COC)CN(C)CC1CCc1ccc2ccccc2c1. The topological polar surface area (TPSA) is 12.5 Å². The fraction of sp³-hybridized carbons (Fsp3) is 0.333. The molecular weight excluding hydrogens is 318 g/mol. The molecule has 1 heterocycles. The Labute approximate surface area is 157 Å². The maximum atomic E-state index is 5.62. The van der Waals surface area contributed by atoms with Gasteiger partial charge in [-0.15, -0.1) is 6.42 Å². The van der Waals surface area contributed by atoms with E-state index in [0.717, 1.165) is 25.9 Å². The maximum absolute atomic E-state index is 5.62. The standard InChI is InChI=1S/C24H27NO/c1-4-7-24-22(17-25(2)18-23(24)14-15-26-3)13-11-19-10-12-20-8-5-6-9-21(20)16-19/h1,5-10,12,14,16,22H,11,13,15,17-18H2,2-3H3/b23-14-,24-7-. The lowest BCUT2D eigenvalue weighted by Crippen LogP contribution is -2.35. The molecule has 1 unspecified atom stereocenters. The van der Waals surface area contributed by atoms with E-state index < -0.39 is 0 Å². The lowest BCUT2D eigenvalue weighted by molar-refractivity contribution is 0.230. The van der Waals surface area contributed by atoms with Gasteiger partial charge in [0, 0.05) is 20.2 Å². The zero-order valence-electron chi connectivity index (χ0n) is 15.7. The van der Waals surface area contributed by atoms with Crippen molar-refractivity contribution in [1.29, 1.82) is 0 Å². The Kier molecular flexibility index (Phi) is 6.28. The minimum atomic E-state index is 0.458. The van der Waals surface area contributed by atoms with Crippen molar-refractivity contribution >= 4 is 10.8 Å². The van der Waals surface area contributed by atoms with Crippen LogP contribution in [-0.4, -0.2) is 38.8 Å². The van der Waals surface area contributed by atoms with Crippen molar-refractivity contribution in [3.05, 3.63) is 71.3 Å². The number of hydrogen-bond donors (Lipinski definition) is 0. The molecule has 1 aliphatic heterocycles. The van der Waals surface area contributed by atoms with Crippen molar-refractivity contribution in [2.75, 3.05) is 33.9 Å². The zero-order chi connectivity index (χ0) is 18.4. The van der Waals surface area contributed by atoms with Crippen LogP contribution in [0.3, 0.4) is 0 Å². The van der Waals surface area contributed by atoms with Gasteiger partial charge in [-0.25, -0.2) is 0 Å². The molecule has 2 aromatic rings. The average molecular weight is 345 g/mol. The first-order valence-electron chi connectivity index (χ1n) is 9.22. The normalized spacial score (nSPS) is 21.3. The van der Waals surface area contributed by atoms with Gasteiger partial charge in [0.1, 0.15) is 0 Å². The summed E-state index contributed by atoms with van der Waals surface area (Å²) in [5.74, 6) is 3.21. The van der Waals surface area contributed by atoms with Gasteiger partial charge in [0.2, 0.25) is 0 Å². The summed E-state index contributed by atoms with van der Waals surface area (Å²) in [4.78, 5) is 2.38. The molecule has 0 aromatic heterocycles. The number of aryl methyl sites for hydroxylation is 1. The Hall–Kier alpha value is -2.34. The number of piperidine rings is 1. The van der Waals surface area contributed by atoms with Crippen LogP contribution >= 0.6 is 0 Å². The van der Waals surface area contributed by atoms with Gasteiger partial charge in [-0.2, -0.15) is 0 Å². The number of benzene rings is 2. The second kappa shape index (κ2) is 8.85. The van der Waals surface area contributed by atoms with E-state index in [-0.39, 0.29) is 0 Å². The molecular formula is C24H27NO. The van der Waals surface area contributed by atoms with E-state index >= 15 is 0 Å². The van der Waals surface area contributed by atoms with E-state index in [1.165, 1.54) is 27.5 Å². The lowest BCUT2D eigenvalue weighted by Gasteiger charge is -2.34. The van der Waals surface area contributed by atoms with Crippen LogP contribution in [-0.2, 0) is 11.2 Å². The van der Waals surface area contributed by atoms with Crippen molar-refractivity contribution in [2.24, 2.45) is 5.92 Å². The summed E-state index contributed by atoms with van der Waals surface area (Å²) in [6.45, 7) is 2.61. The molecule has 0 spiro atoms. The second-order valence-corrected chi connectivity index (χ2v) is 7.06. The van der Waals surface area contributed by atoms with Crippen molar-refractivity contribution in [3.63, 3.8) is 0 Å². The first-order chi connectivity index (χ1) is 12.7. The fourth-order valence-corrected chi connectivity index (χ4v) is 3.83. The maximum Gasteiger partial charge on any atom is 0.0649 e. The van der Waals surface area contributed by atoms with E-state index in [0.29, 0.717) is 12.5 Å². The Morgan fingerprint density at radius 3 is 2.81 bits per heavy atom. The van der Waals surface area contributed by atoms with Gasteiger partial charge >= 0.3 is 0 Å². The first-order valence-corrected chi connectivity index (χ1v) is 9.22. The number of ether oxygens (including phenoxy) is 1. The molecule has 0 saturated carbocycles. The molecule has 2 aromatic carbocycles. The van der Waals surface area contributed by atoms with Gasteiger partial charge in [-0.3, -0.25) is 0 Å². The summed E-state index contributed by atoms with van der Waals surface area (Å²) >= 11 is 0. The quantitative estimate of drug-likeness (QED) is 0.742. The highest BCUT2D eigenvalue weighted by atomic mass is 16.5. The number of methoxy groups -OCH3 is 1. The van der Waals surface area contributed by atoms with E-state index in [9.17, 15) is 0 Å². The highest BCUT2D eigenvalue weighted by Gasteiger charge is 2.25. The Balaban J connectivity index is 1.77. The number of likely N-dealkylation sites (tertiary alicyclic amines) is 1. The second-order valence-electron chi connectivity index (χ2n) is 7.06. The van der Waals surface area contributed by atoms with E-state index in [4.69, 9.17) is 11.2 Å². The number of fused-ring (bicyclic) bond motifs is 1. The number of terminal acetylenes is 1. The molecule has 0 amide bonds. The molecule has 1 fully saturated rings. The molecule has 0 radical (unpaired) electrons. The van der Waals surface area contributed by atoms with Crippen molar-refractivity contribution < 1.29 is 4.74 Å². The monoisotopic (exact) mass is 345 g/mol. The van der Waals surface area contributed by atoms with Crippen LogP contribution in [0.15, 0.2) is 65.8 Å². The predicted molar refractivity (Wildman–Crippen MR) is 110 cm³/mol. The van der Waals surface area contributed by atoms with E-state index in [1.54, 1.807) is 7.11 Å². The van der Waals surface area contributed by atoms with Crippen LogP contribution in [0, 0.1) is 18.3 Å². The minimum absolute atomic E-state index is 0.458. The van der Waals surface area contributed by atoms with Crippen molar-refractivity contribution in [1.82, 2.24) is 4.90 Å². The van der Waals surface area contributed by atoms with Crippen LogP contribution in [0.25, 0.3) is 10.8 Å². The summed E-state index contributed by atoms with van der Waals surface area (Å²) in [5, 5.41) is 2.61. The number of likely N-dealkylation sites (N-methyl/N-ethyl adjacent to an activating group) is 1. The molecule has 2 heteroatoms. The third kappa shape index (κ3) is 4.43. The molecule has 134 valence electrons. The summed E-state index contributed by atoms with van der Waals surface area (Å²) < 4.78 is 5.24. The average Bonchev–Trinajstić information content (AvgIpc) is 2.66. The van der Waals surface area contributed by atoms with Gasteiger partial charge < -0.3 is 9.64 Å². The lowest BCUT2D eigenvalue weighted by atomic mass is 9.83. The van der Waals surface area contributed by atoms with E-state index in [2.05, 4.69) is 66.4 Å². The third-order valence-electron chi connectivity index (χ3n) is 5.11. The number of rotatable bonds is 5. The molecule has 0 bridgehead atoms. The molecule has 0 N–H and O–H groups in total. The van der Waals surface area contributed by atoms with Gasteiger partial charge in [0.15, 0.2) is 0 Å². The molecule has 2 nitrogen and oxygen atoms in total. The van der Waals surface area contributed by atoms with Crippen molar-refractivity contribution in [3.8, 4) is 12.3 Å². The van der Waals surface area contributed by atoms with Crippen LogP contribution in [0.5, 0.6) is 0 Å². The summed E-state index contributed by atoms with van der Waals surface area (Å²) in [6, 6.07) is 15.3. The molecule has 3 rings (SSSR count). The highest BCUT2D eigenvalue weighted by molar-refractivity contribution is 5.82. The molecule has 1 atom stereocenters. The molecule has 0 aliphatic carbocycles. The predicted octanol–water partition coefficient (Wildman–Crippen LogP) is 4.47. The molecule has 26 heavy (non-hydrogen) atoms. The van der Waals surface area contributed by atoms with E-state index in [1.807, 2.05) is 6.08 Å².